The Labute approximate surface area is 119 Å². The van der Waals surface area contributed by atoms with Gasteiger partial charge in [0.1, 0.15) is 0 Å². The molecule has 16 heavy (non-hydrogen) atoms. The van der Waals surface area contributed by atoms with Crippen LogP contribution >= 0.6 is 35.2 Å². The molecular weight excluding hydrogens is 499 g/mol. The van der Waals surface area contributed by atoms with Gasteiger partial charge in [-0.05, 0) is 0 Å². The second-order valence-electron chi connectivity index (χ2n) is 3.47. The Kier molecular flexibility index (Phi) is 4.70. The van der Waals surface area contributed by atoms with E-state index in [0.29, 0.717) is 0 Å². The van der Waals surface area contributed by atoms with Crippen molar-refractivity contribution >= 4 is 61.7 Å². The zero-order valence-corrected chi connectivity index (χ0v) is 15.9. The van der Waals surface area contributed by atoms with Crippen LogP contribution in [0.1, 0.15) is 0 Å². The van der Waals surface area contributed by atoms with Crippen molar-refractivity contribution in [1.29, 1.82) is 0 Å². The summed E-state index contributed by atoms with van der Waals surface area (Å²) in [5.74, 6) is 0. The van der Waals surface area contributed by atoms with Crippen molar-refractivity contribution in [2.24, 2.45) is 0 Å². The molecule has 0 saturated heterocycles. The molecule has 2 rings (SSSR count). The summed E-state index contributed by atoms with van der Waals surface area (Å²) >= 11 is 13.5. The van der Waals surface area contributed by atoms with E-state index >= 15 is 0 Å². The minimum absolute atomic E-state index is 0.785. The summed E-state index contributed by atoms with van der Waals surface area (Å²) in [5.41, 5.74) is 0. The van der Waals surface area contributed by atoms with Gasteiger partial charge in [0.2, 0.25) is 0 Å². The number of halogens is 3. The van der Waals surface area contributed by atoms with Crippen LogP contribution in [0.5, 0.6) is 0 Å². The maximum absolute atomic E-state index is 5.88. The zero-order valence-electron chi connectivity index (χ0n) is 8.33. The number of hydrogen-bond acceptors (Lipinski definition) is 0. The third-order valence-corrected chi connectivity index (χ3v) is 19.7. The van der Waals surface area contributed by atoms with Crippen LogP contribution in [-0.4, -0.2) is 20.3 Å². The first kappa shape index (κ1) is 12.9. The molecule has 0 heterocycles. The van der Waals surface area contributed by atoms with E-state index in [1.807, 2.05) is 24.3 Å². The summed E-state index contributed by atoms with van der Waals surface area (Å²) in [5, 5.41) is 1.57. The molecule has 0 spiro atoms. The fourth-order valence-corrected chi connectivity index (χ4v) is 12.7. The van der Waals surface area contributed by atoms with Crippen LogP contribution in [0.25, 0.3) is 0 Å². The molecular formula is C12H8BrCl2Tl. The molecule has 0 radical (unpaired) electrons. The molecule has 0 fully saturated rings. The molecule has 80 valence electrons. The van der Waals surface area contributed by atoms with Gasteiger partial charge in [-0.25, -0.2) is 0 Å². The first-order valence-electron chi connectivity index (χ1n) is 4.82. The fraction of sp³-hybridized carbons (Fsp3) is 0. The van der Waals surface area contributed by atoms with Gasteiger partial charge in [0.25, 0.3) is 0 Å². The minimum atomic E-state index is -2.12. The van der Waals surface area contributed by atoms with Gasteiger partial charge in [-0.1, -0.05) is 0 Å². The molecule has 0 saturated carbocycles. The predicted molar refractivity (Wildman–Crippen MR) is 76.9 cm³/mol. The van der Waals surface area contributed by atoms with Crippen molar-refractivity contribution < 1.29 is 0 Å². The van der Waals surface area contributed by atoms with Gasteiger partial charge in [0.05, 0.1) is 0 Å². The molecule has 0 nitrogen and oxygen atoms in total. The normalized spacial score (nSPS) is 10.2. The van der Waals surface area contributed by atoms with Gasteiger partial charge in [0, 0.05) is 0 Å². The Morgan fingerprint density at radius 1 is 0.688 bits per heavy atom. The molecule has 0 bridgehead atoms. The summed E-state index contributed by atoms with van der Waals surface area (Å²) in [6.45, 7) is 0. The van der Waals surface area contributed by atoms with Crippen molar-refractivity contribution in [2.45, 2.75) is 0 Å². The topological polar surface area (TPSA) is 0 Å². The summed E-state index contributed by atoms with van der Waals surface area (Å²) in [4.78, 5) is 0. The average Bonchev–Trinajstić information content (AvgIpc) is 2.30. The third kappa shape index (κ3) is 3.22. The summed E-state index contributed by atoms with van der Waals surface area (Å²) in [7, 11) is 0. The molecule has 0 atom stereocenters. The Morgan fingerprint density at radius 2 is 1.00 bits per heavy atom. The van der Waals surface area contributed by atoms with E-state index in [1.165, 1.54) is 6.25 Å². The monoisotopic (exact) mass is 506 g/mol. The van der Waals surface area contributed by atoms with Crippen molar-refractivity contribution in [1.82, 2.24) is 0 Å². The van der Waals surface area contributed by atoms with Gasteiger partial charge in [0.15, 0.2) is 0 Å². The van der Waals surface area contributed by atoms with Gasteiger partial charge in [-0.3, -0.25) is 0 Å². The van der Waals surface area contributed by atoms with Crippen LogP contribution in [0.4, 0.5) is 0 Å². The number of hydrogen-bond donors (Lipinski definition) is 0. The van der Waals surface area contributed by atoms with Crippen molar-refractivity contribution in [3.8, 4) is 0 Å². The zero-order chi connectivity index (χ0) is 11.5. The molecule has 0 aliphatic carbocycles. The first-order valence-corrected chi connectivity index (χ1v) is 19.8. The van der Waals surface area contributed by atoms with Crippen LogP contribution in [0.2, 0.25) is 10.0 Å². The van der Waals surface area contributed by atoms with E-state index in [4.69, 9.17) is 23.2 Å². The Hall–Kier alpha value is 0.422. The van der Waals surface area contributed by atoms with E-state index in [-0.39, 0.29) is 0 Å². The summed E-state index contributed by atoms with van der Waals surface area (Å²) in [6.07, 6.45) is 0. The van der Waals surface area contributed by atoms with Gasteiger partial charge < -0.3 is 0 Å². The van der Waals surface area contributed by atoms with E-state index in [9.17, 15) is 0 Å². The molecule has 0 aromatic heterocycles. The maximum atomic E-state index is 5.88. The van der Waals surface area contributed by atoms with Crippen molar-refractivity contribution in [2.75, 3.05) is 0 Å². The average molecular weight is 507 g/mol. The quantitative estimate of drug-likeness (QED) is 0.547. The Bertz CT molecular complexity index is 422. The van der Waals surface area contributed by atoms with Crippen molar-refractivity contribution in [3.63, 3.8) is 0 Å². The SMILES string of the molecule is Clc1cc[c]([Tl]([Br])[c]2ccc(Cl)cc2)cc1. The molecule has 2 aromatic carbocycles. The molecule has 0 aliphatic rings. The van der Waals surface area contributed by atoms with Gasteiger partial charge in [-0.2, -0.15) is 0 Å². The van der Waals surface area contributed by atoms with E-state index < -0.39 is 20.3 Å². The first-order chi connectivity index (χ1) is 7.66. The molecule has 0 unspecified atom stereocenters. The van der Waals surface area contributed by atoms with Crippen LogP contribution < -0.4 is 6.25 Å². The molecule has 0 N–H and O–H groups in total. The number of benzene rings is 2. The fourth-order valence-electron chi connectivity index (χ4n) is 1.46. The molecule has 2 aromatic rings. The predicted octanol–water partition coefficient (Wildman–Crippen LogP) is 3.49. The van der Waals surface area contributed by atoms with Crippen LogP contribution in [0.3, 0.4) is 0 Å². The van der Waals surface area contributed by atoms with Crippen molar-refractivity contribution in [3.05, 3.63) is 58.6 Å². The Morgan fingerprint density at radius 3 is 1.31 bits per heavy atom. The van der Waals surface area contributed by atoms with E-state index in [0.717, 1.165) is 10.0 Å². The second kappa shape index (κ2) is 5.85. The van der Waals surface area contributed by atoms with Crippen LogP contribution in [-0.2, 0) is 0 Å². The standard InChI is InChI=1S/2C6H4Cl.BrH.Tl/c2*7-6-4-2-1-3-5-6;;/h2*2-5H;1H;/q;;;+1/p-1. The Balaban J connectivity index is 2.28. The van der Waals surface area contributed by atoms with E-state index in [2.05, 4.69) is 36.3 Å². The van der Waals surface area contributed by atoms with Crippen LogP contribution in [0, 0.1) is 0 Å². The summed E-state index contributed by atoms with van der Waals surface area (Å²) in [6, 6.07) is 16.2. The second-order valence-corrected chi connectivity index (χ2v) is 20.4. The third-order valence-electron chi connectivity index (χ3n) is 2.33. The van der Waals surface area contributed by atoms with Crippen LogP contribution in [0.15, 0.2) is 48.5 Å². The molecule has 0 aliphatic heterocycles. The number of rotatable bonds is 2. The van der Waals surface area contributed by atoms with Gasteiger partial charge >= 0.3 is 120 Å². The summed E-state index contributed by atoms with van der Waals surface area (Å²) < 4.78 is 2.79. The van der Waals surface area contributed by atoms with Gasteiger partial charge in [-0.15, -0.1) is 0 Å². The molecule has 0 amide bonds. The molecule has 4 heteroatoms. The van der Waals surface area contributed by atoms with E-state index in [1.54, 1.807) is 0 Å².